The number of halogens is 3. The van der Waals surface area contributed by atoms with Crippen molar-refractivity contribution in [2.24, 2.45) is 5.73 Å². The molecule has 5 heteroatoms. The first kappa shape index (κ1) is 15.5. The monoisotopic (exact) mass is 401 g/mol. The number of rotatable bonds is 4. The molecule has 0 aliphatic heterocycles. The first-order valence-electron chi connectivity index (χ1n) is 6.12. The summed E-state index contributed by atoms with van der Waals surface area (Å²) in [6.07, 6.45) is 0.688. The summed E-state index contributed by atoms with van der Waals surface area (Å²) in [4.78, 5) is 0. The van der Waals surface area contributed by atoms with Gasteiger partial charge in [0.05, 0.1) is 4.47 Å². The highest BCUT2D eigenvalue weighted by Gasteiger charge is 2.09. The summed E-state index contributed by atoms with van der Waals surface area (Å²) in [6, 6.07) is 10.4. The van der Waals surface area contributed by atoms with Crippen molar-refractivity contribution in [3.05, 3.63) is 56.7 Å². The molecule has 0 saturated heterocycles. The van der Waals surface area contributed by atoms with Crippen molar-refractivity contribution in [2.45, 2.75) is 19.4 Å². The number of nitrogens with two attached hydrogens (primary N) is 1. The van der Waals surface area contributed by atoms with E-state index in [2.05, 4.69) is 31.9 Å². The highest BCUT2D eigenvalue weighted by molar-refractivity contribution is 9.10. The topological polar surface area (TPSA) is 35.2 Å². The molecule has 0 saturated carbocycles. The van der Waals surface area contributed by atoms with Crippen molar-refractivity contribution in [3.63, 3.8) is 0 Å². The number of ether oxygens (including phenoxy) is 1. The van der Waals surface area contributed by atoms with Crippen molar-refractivity contribution in [2.75, 3.05) is 0 Å². The zero-order valence-corrected chi connectivity index (χ0v) is 14.0. The summed E-state index contributed by atoms with van der Waals surface area (Å²) in [5.74, 6) is 0.791. The van der Waals surface area contributed by atoms with E-state index >= 15 is 0 Å². The Morgan fingerprint density at radius 1 is 1.20 bits per heavy atom. The van der Waals surface area contributed by atoms with Crippen LogP contribution in [0.5, 0.6) is 11.5 Å². The molecular weight excluding hydrogens is 389 g/mol. The Morgan fingerprint density at radius 2 is 1.95 bits per heavy atom. The summed E-state index contributed by atoms with van der Waals surface area (Å²) in [6.45, 7) is 1.93. The van der Waals surface area contributed by atoms with Crippen LogP contribution in [0, 0.1) is 5.82 Å². The Kier molecular flexibility index (Phi) is 5.18. The molecular formula is C15H14Br2FNO. The molecule has 0 bridgehead atoms. The van der Waals surface area contributed by atoms with Crippen LogP contribution in [-0.4, -0.2) is 6.04 Å². The molecule has 0 heterocycles. The van der Waals surface area contributed by atoms with Gasteiger partial charge in [-0.1, -0.05) is 15.9 Å². The fraction of sp³-hybridized carbons (Fsp3) is 0.200. The van der Waals surface area contributed by atoms with Crippen LogP contribution < -0.4 is 10.5 Å². The molecule has 20 heavy (non-hydrogen) atoms. The number of hydrogen-bond acceptors (Lipinski definition) is 2. The van der Waals surface area contributed by atoms with Crippen molar-refractivity contribution < 1.29 is 9.13 Å². The average Bonchev–Trinajstić information content (AvgIpc) is 2.36. The molecule has 0 spiro atoms. The summed E-state index contributed by atoms with van der Waals surface area (Å²) >= 11 is 6.55. The van der Waals surface area contributed by atoms with Gasteiger partial charge in [0.2, 0.25) is 0 Å². The SMILES string of the molecule is CC(N)Cc1cc(Br)ccc1Oc1ccc(Br)c(F)c1. The van der Waals surface area contributed by atoms with E-state index in [1.54, 1.807) is 12.1 Å². The molecule has 0 aromatic heterocycles. The molecule has 0 amide bonds. The second-order valence-electron chi connectivity index (χ2n) is 4.61. The van der Waals surface area contributed by atoms with Crippen molar-refractivity contribution >= 4 is 31.9 Å². The molecule has 106 valence electrons. The molecule has 2 nitrogen and oxygen atoms in total. The zero-order chi connectivity index (χ0) is 14.7. The van der Waals surface area contributed by atoms with Crippen LogP contribution in [0.4, 0.5) is 4.39 Å². The molecule has 0 fully saturated rings. The number of hydrogen-bond donors (Lipinski definition) is 1. The van der Waals surface area contributed by atoms with E-state index in [4.69, 9.17) is 10.5 Å². The summed E-state index contributed by atoms with van der Waals surface area (Å²) < 4.78 is 20.6. The zero-order valence-electron chi connectivity index (χ0n) is 10.9. The Morgan fingerprint density at radius 3 is 2.60 bits per heavy atom. The van der Waals surface area contributed by atoms with Gasteiger partial charge in [-0.25, -0.2) is 4.39 Å². The Balaban J connectivity index is 2.30. The molecule has 2 aromatic rings. The standard InChI is InChI=1S/C15H14Br2FNO/c1-9(19)6-10-7-11(16)2-5-15(10)20-12-3-4-13(17)14(18)8-12/h2-5,7-9H,6,19H2,1H3. The molecule has 0 aliphatic carbocycles. The van der Waals surface area contributed by atoms with E-state index in [9.17, 15) is 4.39 Å². The lowest BCUT2D eigenvalue weighted by atomic mass is 10.1. The summed E-state index contributed by atoms with van der Waals surface area (Å²) in [5.41, 5.74) is 6.83. The van der Waals surface area contributed by atoms with E-state index in [0.717, 1.165) is 10.0 Å². The van der Waals surface area contributed by atoms with Crippen molar-refractivity contribution in [3.8, 4) is 11.5 Å². The van der Waals surface area contributed by atoms with Gasteiger partial charge in [-0.05, 0) is 65.2 Å². The molecule has 2 aromatic carbocycles. The molecule has 2 N–H and O–H groups in total. The molecule has 1 unspecified atom stereocenters. The average molecular weight is 403 g/mol. The highest BCUT2D eigenvalue weighted by atomic mass is 79.9. The predicted octanol–water partition coefficient (Wildman–Crippen LogP) is 5.03. The summed E-state index contributed by atoms with van der Waals surface area (Å²) in [5, 5.41) is 0. The van der Waals surface area contributed by atoms with Gasteiger partial charge in [0.25, 0.3) is 0 Å². The lowest BCUT2D eigenvalue weighted by molar-refractivity contribution is 0.468. The third-order valence-corrected chi connectivity index (χ3v) is 3.82. The predicted molar refractivity (Wildman–Crippen MR) is 85.7 cm³/mol. The van der Waals surface area contributed by atoms with Gasteiger partial charge < -0.3 is 10.5 Å². The first-order chi connectivity index (χ1) is 9.45. The van der Waals surface area contributed by atoms with E-state index in [1.807, 2.05) is 25.1 Å². The first-order valence-corrected chi connectivity index (χ1v) is 7.71. The maximum atomic E-state index is 13.5. The maximum Gasteiger partial charge on any atom is 0.141 e. The maximum absolute atomic E-state index is 13.5. The minimum Gasteiger partial charge on any atom is -0.457 e. The van der Waals surface area contributed by atoms with E-state index < -0.39 is 0 Å². The Labute approximate surface area is 134 Å². The van der Waals surface area contributed by atoms with Crippen molar-refractivity contribution in [1.29, 1.82) is 0 Å². The Bertz CT molecular complexity index is 617. The molecule has 0 radical (unpaired) electrons. The lowest BCUT2D eigenvalue weighted by Gasteiger charge is -2.13. The number of benzene rings is 2. The fourth-order valence-electron chi connectivity index (χ4n) is 1.82. The second kappa shape index (κ2) is 6.70. The van der Waals surface area contributed by atoms with Crippen LogP contribution in [0.15, 0.2) is 45.3 Å². The van der Waals surface area contributed by atoms with Gasteiger partial charge in [0.15, 0.2) is 0 Å². The van der Waals surface area contributed by atoms with Gasteiger partial charge in [0.1, 0.15) is 17.3 Å². The lowest BCUT2D eigenvalue weighted by Crippen LogP contribution is -2.18. The third-order valence-electron chi connectivity index (χ3n) is 2.68. The Hall–Kier alpha value is -0.910. The van der Waals surface area contributed by atoms with Crippen LogP contribution in [0.2, 0.25) is 0 Å². The van der Waals surface area contributed by atoms with Crippen LogP contribution in [0.25, 0.3) is 0 Å². The molecule has 1 atom stereocenters. The van der Waals surface area contributed by atoms with Crippen LogP contribution >= 0.6 is 31.9 Å². The van der Waals surface area contributed by atoms with E-state index in [0.29, 0.717) is 22.4 Å². The smallest absolute Gasteiger partial charge is 0.141 e. The third kappa shape index (κ3) is 4.04. The van der Waals surface area contributed by atoms with Crippen LogP contribution in [0.1, 0.15) is 12.5 Å². The molecule has 2 rings (SSSR count). The van der Waals surface area contributed by atoms with Gasteiger partial charge in [0, 0.05) is 16.6 Å². The van der Waals surface area contributed by atoms with Gasteiger partial charge in [-0.3, -0.25) is 0 Å². The minimum absolute atomic E-state index is 0.0216. The highest BCUT2D eigenvalue weighted by Crippen LogP contribution is 2.30. The minimum atomic E-state index is -0.353. The second-order valence-corrected chi connectivity index (χ2v) is 6.38. The van der Waals surface area contributed by atoms with Crippen molar-refractivity contribution in [1.82, 2.24) is 0 Å². The van der Waals surface area contributed by atoms with E-state index in [-0.39, 0.29) is 11.9 Å². The normalized spacial score (nSPS) is 12.2. The van der Waals surface area contributed by atoms with Gasteiger partial charge in [-0.2, -0.15) is 0 Å². The quantitative estimate of drug-likeness (QED) is 0.777. The van der Waals surface area contributed by atoms with Gasteiger partial charge >= 0.3 is 0 Å². The van der Waals surface area contributed by atoms with Crippen LogP contribution in [-0.2, 0) is 6.42 Å². The van der Waals surface area contributed by atoms with E-state index in [1.165, 1.54) is 6.07 Å². The largest absolute Gasteiger partial charge is 0.457 e. The molecule has 0 aliphatic rings. The fourth-order valence-corrected chi connectivity index (χ4v) is 2.48. The van der Waals surface area contributed by atoms with Gasteiger partial charge in [-0.15, -0.1) is 0 Å². The van der Waals surface area contributed by atoms with Crippen LogP contribution in [0.3, 0.4) is 0 Å². The summed E-state index contributed by atoms with van der Waals surface area (Å²) in [7, 11) is 0.